The molecular weight excluding hydrogens is 424 g/mol. The van der Waals surface area contributed by atoms with E-state index < -0.39 is 6.09 Å². The van der Waals surface area contributed by atoms with Gasteiger partial charge in [-0.1, -0.05) is 18.2 Å². The molecule has 32 heavy (non-hydrogen) atoms. The van der Waals surface area contributed by atoms with Crippen molar-refractivity contribution in [1.29, 1.82) is 0 Å². The fourth-order valence-electron chi connectivity index (χ4n) is 3.31. The summed E-state index contributed by atoms with van der Waals surface area (Å²) in [6, 6.07) is 16.2. The Morgan fingerprint density at radius 1 is 1.19 bits per heavy atom. The average Bonchev–Trinajstić information content (AvgIpc) is 3.61. The fraction of sp³-hybridized carbons (Fsp3) is 0.417. The van der Waals surface area contributed by atoms with Crippen molar-refractivity contribution >= 4 is 35.3 Å². The Morgan fingerprint density at radius 3 is 2.59 bits per heavy atom. The van der Waals surface area contributed by atoms with Crippen LogP contribution in [-0.4, -0.2) is 42.5 Å². The molecule has 172 valence electrons. The van der Waals surface area contributed by atoms with Gasteiger partial charge >= 0.3 is 6.09 Å². The van der Waals surface area contributed by atoms with E-state index in [2.05, 4.69) is 38.7 Å². The number of nitrogen functional groups attached to an aromatic ring is 1. The Kier molecular flexibility index (Phi) is 8.81. The van der Waals surface area contributed by atoms with Crippen molar-refractivity contribution in [3.05, 3.63) is 54.1 Å². The van der Waals surface area contributed by atoms with Crippen LogP contribution in [0.15, 0.2) is 53.4 Å². The van der Waals surface area contributed by atoms with E-state index in [9.17, 15) is 9.59 Å². The molecule has 4 N–H and O–H groups in total. The zero-order valence-electron chi connectivity index (χ0n) is 18.7. The lowest BCUT2D eigenvalue weighted by atomic mass is 10.0. The number of hydrogen-bond donors (Lipinski definition) is 3. The third kappa shape index (κ3) is 7.76. The third-order valence-corrected chi connectivity index (χ3v) is 6.66. The number of para-hydroxylation sites is 1. The molecule has 7 nitrogen and oxygen atoms in total. The van der Waals surface area contributed by atoms with Crippen molar-refractivity contribution < 1.29 is 14.3 Å². The first kappa shape index (κ1) is 23.9. The van der Waals surface area contributed by atoms with Gasteiger partial charge in [0.15, 0.2) is 0 Å². The Balaban J connectivity index is 1.58. The molecule has 2 amide bonds. The molecule has 0 bridgehead atoms. The molecule has 2 aromatic rings. The molecule has 0 aliphatic heterocycles. The van der Waals surface area contributed by atoms with Crippen LogP contribution in [0.25, 0.3) is 0 Å². The van der Waals surface area contributed by atoms with Crippen molar-refractivity contribution in [2.75, 3.05) is 31.2 Å². The number of benzene rings is 2. The number of anilines is 2. The molecule has 3 rings (SSSR count). The van der Waals surface area contributed by atoms with Crippen LogP contribution in [0.3, 0.4) is 0 Å². The highest BCUT2D eigenvalue weighted by Gasteiger charge is 2.27. The van der Waals surface area contributed by atoms with E-state index in [0.29, 0.717) is 6.04 Å². The molecule has 1 aliphatic rings. The van der Waals surface area contributed by atoms with Crippen LogP contribution in [0.2, 0.25) is 0 Å². The minimum absolute atomic E-state index is 0.134. The van der Waals surface area contributed by atoms with Crippen molar-refractivity contribution in [3.63, 3.8) is 0 Å². The average molecular weight is 457 g/mol. The summed E-state index contributed by atoms with van der Waals surface area (Å²) in [6.45, 7) is 3.20. The first-order valence-corrected chi connectivity index (χ1v) is 11.7. The number of alkyl carbamates (subject to hydrolysis) is 1. The van der Waals surface area contributed by atoms with E-state index in [0.717, 1.165) is 42.2 Å². The number of aryl methyl sites for hydroxylation is 1. The van der Waals surface area contributed by atoms with Gasteiger partial charge in [0.05, 0.1) is 7.11 Å². The summed E-state index contributed by atoms with van der Waals surface area (Å²) in [6.07, 6.45) is 3.78. The smallest absolute Gasteiger partial charge is 0.407 e. The highest BCUT2D eigenvalue weighted by Crippen LogP contribution is 2.36. The first-order valence-electron chi connectivity index (χ1n) is 10.9. The molecule has 1 aliphatic carbocycles. The van der Waals surface area contributed by atoms with Crippen LogP contribution >= 0.6 is 11.9 Å². The van der Waals surface area contributed by atoms with Gasteiger partial charge in [-0.05, 0) is 86.4 Å². The summed E-state index contributed by atoms with van der Waals surface area (Å²) in [5, 5.41) is 5.29. The maximum atomic E-state index is 12.2. The summed E-state index contributed by atoms with van der Waals surface area (Å²) in [7, 11) is 1.27. The van der Waals surface area contributed by atoms with Crippen molar-refractivity contribution in [2.24, 2.45) is 5.92 Å². The highest BCUT2D eigenvalue weighted by atomic mass is 32.2. The molecule has 1 saturated carbocycles. The van der Waals surface area contributed by atoms with Gasteiger partial charge in [-0.25, -0.2) is 9.10 Å². The van der Waals surface area contributed by atoms with E-state index in [1.807, 2.05) is 36.4 Å². The van der Waals surface area contributed by atoms with Gasteiger partial charge in [-0.3, -0.25) is 4.79 Å². The molecule has 1 unspecified atom stereocenters. The lowest BCUT2D eigenvalue weighted by molar-refractivity contribution is -0.115. The number of nitrogens with one attached hydrogen (secondary N) is 2. The standard InChI is InChI=1S/C24H32N4O3S/c1-17(28(16-18-8-9-18)32-21-13-11-20(25)12-14-21)7-10-19-5-3-4-6-22(19)27-23(29)15-26-24(30)31-2/h3-6,11-14,17-18H,7-10,15-16,25H2,1-2H3,(H,26,30)(H,27,29). The van der Waals surface area contributed by atoms with Crippen LogP contribution in [0, 0.1) is 5.92 Å². The summed E-state index contributed by atoms with van der Waals surface area (Å²) in [5.74, 6) is 0.498. The molecule has 0 heterocycles. The SMILES string of the molecule is COC(=O)NCC(=O)Nc1ccccc1CCC(C)N(CC1CC1)Sc1ccc(N)cc1. The highest BCUT2D eigenvalue weighted by molar-refractivity contribution is 7.97. The fourth-order valence-corrected chi connectivity index (χ4v) is 4.41. The molecule has 2 aromatic carbocycles. The lowest BCUT2D eigenvalue weighted by Crippen LogP contribution is -2.33. The molecule has 1 atom stereocenters. The maximum absolute atomic E-state index is 12.2. The van der Waals surface area contributed by atoms with E-state index in [1.165, 1.54) is 24.8 Å². The van der Waals surface area contributed by atoms with Crippen molar-refractivity contribution in [1.82, 2.24) is 9.62 Å². The molecule has 8 heteroatoms. The Labute approximate surface area is 194 Å². The monoisotopic (exact) mass is 456 g/mol. The van der Waals surface area contributed by atoms with E-state index in [4.69, 9.17) is 5.73 Å². The predicted octanol–water partition coefficient (Wildman–Crippen LogP) is 4.30. The summed E-state index contributed by atoms with van der Waals surface area (Å²) in [5.41, 5.74) is 8.46. The number of carbonyl (C=O) groups excluding carboxylic acids is 2. The molecule has 1 fully saturated rings. The number of amides is 2. The number of carbonyl (C=O) groups is 2. The van der Waals surface area contributed by atoms with E-state index in [1.54, 1.807) is 11.9 Å². The van der Waals surface area contributed by atoms with Gasteiger partial charge < -0.3 is 21.1 Å². The topological polar surface area (TPSA) is 96.7 Å². The number of methoxy groups -OCH3 is 1. The number of rotatable bonds is 11. The van der Waals surface area contributed by atoms with Gasteiger partial charge in [0, 0.05) is 28.9 Å². The minimum Gasteiger partial charge on any atom is -0.453 e. The summed E-state index contributed by atoms with van der Waals surface area (Å²) < 4.78 is 6.98. The summed E-state index contributed by atoms with van der Waals surface area (Å²) >= 11 is 1.79. The maximum Gasteiger partial charge on any atom is 0.407 e. The Morgan fingerprint density at radius 2 is 1.91 bits per heavy atom. The molecule has 0 saturated heterocycles. The zero-order chi connectivity index (χ0) is 22.9. The number of hydrogen-bond acceptors (Lipinski definition) is 6. The number of ether oxygens (including phenoxy) is 1. The second-order valence-corrected chi connectivity index (χ2v) is 9.26. The van der Waals surface area contributed by atoms with Crippen molar-refractivity contribution in [2.45, 2.75) is 43.5 Å². The Hall–Kier alpha value is -2.71. The normalized spacial score (nSPS) is 14.1. The first-order chi connectivity index (χ1) is 15.4. The van der Waals surface area contributed by atoms with Crippen LogP contribution in [0.1, 0.15) is 31.7 Å². The van der Waals surface area contributed by atoms with Crippen LogP contribution < -0.4 is 16.4 Å². The minimum atomic E-state index is -0.628. The molecule has 0 radical (unpaired) electrons. The van der Waals surface area contributed by atoms with Crippen molar-refractivity contribution in [3.8, 4) is 0 Å². The van der Waals surface area contributed by atoms with E-state index in [-0.39, 0.29) is 12.5 Å². The zero-order valence-corrected chi connectivity index (χ0v) is 19.5. The summed E-state index contributed by atoms with van der Waals surface area (Å²) in [4.78, 5) is 24.6. The Bertz CT molecular complexity index is 902. The van der Waals surface area contributed by atoms with Gasteiger partial charge in [0.1, 0.15) is 6.54 Å². The molecular formula is C24H32N4O3S. The number of nitrogens with zero attached hydrogens (tertiary/aromatic N) is 1. The van der Waals surface area contributed by atoms with Crippen LogP contribution in [-0.2, 0) is 16.0 Å². The molecule has 0 aromatic heterocycles. The van der Waals surface area contributed by atoms with Gasteiger partial charge in [-0.15, -0.1) is 0 Å². The molecule has 0 spiro atoms. The van der Waals surface area contributed by atoms with Gasteiger partial charge in [0.25, 0.3) is 0 Å². The van der Waals surface area contributed by atoms with Crippen LogP contribution in [0.5, 0.6) is 0 Å². The van der Waals surface area contributed by atoms with E-state index >= 15 is 0 Å². The predicted molar refractivity (Wildman–Crippen MR) is 129 cm³/mol. The van der Waals surface area contributed by atoms with Gasteiger partial charge in [0.2, 0.25) is 5.91 Å². The quantitative estimate of drug-likeness (QED) is 0.345. The van der Waals surface area contributed by atoms with Gasteiger partial charge in [-0.2, -0.15) is 0 Å². The lowest BCUT2D eigenvalue weighted by Gasteiger charge is -2.28. The largest absolute Gasteiger partial charge is 0.453 e. The second-order valence-electron chi connectivity index (χ2n) is 8.14. The van der Waals surface area contributed by atoms with Crippen LogP contribution in [0.4, 0.5) is 16.2 Å². The number of nitrogens with two attached hydrogens (primary N) is 1. The second kappa shape index (κ2) is 11.8. The third-order valence-electron chi connectivity index (χ3n) is 5.43.